The van der Waals surface area contributed by atoms with Gasteiger partial charge in [-0.25, -0.2) is 9.78 Å². The maximum absolute atomic E-state index is 13.0. The SMILES string of the molecule is C=Cn1cc(C(=O)O)c(=O)c2ccc(N3CCN(c4cccc(C(F)(F)F)c4)CC3)nc21. The number of benzene rings is 1. The molecule has 0 amide bonds. The van der Waals surface area contributed by atoms with E-state index in [1.54, 1.807) is 12.1 Å². The molecule has 1 aromatic carbocycles. The molecular formula is C22H19F3N4O3. The Bertz CT molecular complexity index is 1260. The van der Waals surface area contributed by atoms with E-state index in [-0.39, 0.29) is 16.6 Å². The molecule has 0 spiro atoms. The van der Waals surface area contributed by atoms with Crippen LogP contribution in [0.3, 0.4) is 0 Å². The molecule has 0 atom stereocenters. The van der Waals surface area contributed by atoms with E-state index >= 15 is 0 Å². The zero-order valence-electron chi connectivity index (χ0n) is 16.8. The number of alkyl halides is 3. The van der Waals surface area contributed by atoms with Crippen molar-refractivity contribution in [3.8, 4) is 0 Å². The molecule has 0 unspecified atom stereocenters. The number of halogens is 3. The van der Waals surface area contributed by atoms with E-state index < -0.39 is 23.1 Å². The van der Waals surface area contributed by atoms with Gasteiger partial charge in [0.15, 0.2) is 0 Å². The number of aromatic nitrogens is 2. The summed E-state index contributed by atoms with van der Waals surface area (Å²) < 4.78 is 40.4. The van der Waals surface area contributed by atoms with Gasteiger partial charge >= 0.3 is 12.1 Å². The van der Waals surface area contributed by atoms with Crippen molar-refractivity contribution < 1.29 is 23.1 Å². The molecule has 1 N–H and O–H groups in total. The average molecular weight is 444 g/mol. The number of anilines is 2. The highest BCUT2D eigenvalue weighted by Gasteiger charge is 2.31. The fourth-order valence-corrected chi connectivity index (χ4v) is 3.76. The number of piperazine rings is 1. The van der Waals surface area contributed by atoms with Crippen LogP contribution in [0.25, 0.3) is 17.2 Å². The Morgan fingerprint density at radius 1 is 1.09 bits per heavy atom. The van der Waals surface area contributed by atoms with Crippen molar-refractivity contribution in [3.05, 3.63) is 70.5 Å². The highest BCUT2D eigenvalue weighted by atomic mass is 19.4. The minimum absolute atomic E-state index is 0.163. The molecular weight excluding hydrogens is 425 g/mol. The molecule has 1 fully saturated rings. The van der Waals surface area contributed by atoms with Gasteiger partial charge in [-0.05, 0) is 30.3 Å². The second-order valence-corrected chi connectivity index (χ2v) is 7.33. The normalized spacial score (nSPS) is 14.6. The molecule has 166 valence electrons. The maximum Gasteiger partial charge on any atom is 0.416 e. The molecule has 0 aliphatic carbocycles. The zero-order valence-corrected chi connectivity index (χ0v) is 16.8. The molecule has 1 saturated heterocycles. The van der Waals surface area contributed by atoms with Crippen molar-refractivity contribution in [2.24, 2.45) is 0 Å². The van der Waals surface area contributed by atoms with Crippen molar-refractivity contribution in [1.82, 2.24) is 9.55 Å². The predicted molar refractivity (Wildman–Crippen MR) is 115 cm³/mol. The number of carboxylic acids is 1. The van der Waals surface area contributed by atoms with E-state index in [9.17, 15) is 27.9 Å². The number of hydrogen-bond acceptors (Lipinski definition) is 5. The van der Waals surface area contributed by atoms with Crippen LogP contribution in [0.1, 0.15) is 15.9 Å². The van der Waals surface area contributed by atoms with Crippen LogP contribution in [-0.2, 0) is 6.18 Å². The Morgan fingerprint density at radius 2 is 1.78 bits per heavy atom. The van der Waals surface area contributed by atoms with Gasteiger partial charge in [0.05, 0.1) is 10.9 Å². The molecule has 1 aliphatic heterocycles. The zero-order chi connectivity index (χ0) is 23.0. The summed E-state index contributed by atoms with van der Waals surface area (Å²) >= 11 is 0. The molecule has 3 heterocycles. The summed E-state index contributed by atoms with van der Waals surface area (Å²) in [5.74, 6) is -0.749. The van der Waals surface area contributed by atoms with Crippen LogP contribution >= 0.6 is 0 Å². The lowest BCUT2D eigenvalue weighted by atomic mass is 10.1. The third-order valence-corrected chi connectivity index (χ3v) is 5.43. The molecule has 2 aromatic heterocycles. The average Bonchev–Trinajstić information content (AvgIpc) is 2.78. The highest BCUT2D eigenvalue weighted by molar-refractivity contribution is 5.92. The molecule has 0 saturated carbocycles. The van der Waals surface area contributed by atoms with E-state index in [4.69, 9.17) is 0 Å². The Kier molecular flexibility index (Phi) is 5.37. The molecule has 32 heavy (non-hydrogen) atoms. The van der Waals surface area contributed by atoms with Gasteiger partial charge in [0.1, 0.15) is 17.0 Å². The van der Waals surface area contributed by atoms with Crippen molar-refractivity contribution >= 4 is 34.7 Å². The van der Waals surface area contributed by atoms with Crippen LogP contribution in [0.15, 0.2) is 54.0 Å². The predicted octanol–water partition coefficient (Wildman–Crippen LogP) is 3.54. The molecule has 1 aliphatic rings. The maximum atomic E-state index is 13.0. The number of rotatable bonds is 4. The summed E-state index contributed by atoms with van der Waals surface area (Å²) in [4.78, 5) is 32.2. The first-order valence-electron chi connectivity index (χ1n) is 9.78. The fourth-order valence-electron chi connectivity index (χ4n) is 3.76. The first-order chi connectivity index (χ1) is 15.2. The topological polar surface area (TPSA) is 78.7 Å². The summed E-state index contributed by atoms with van der Waals surface area (Å²) in [6.07, 6.45) is -1.84. The van der Waals surface area contributed by atoms with Gasteiger partial charge in [-0.2, -0.15) is 13.2 Å². The quantitative estimate of drug-likeness (QED) is 0.663. The minimum Gasteiger partial charge on any atom is -0.477 e. The molecule has 7 nitrogen and oxygen atoms in total. The van der Waals surface area contributed by atoms with E-state index in [0.717, 1.165) is 12.1 Å². The number of nitrogens with zero attached hydrogens (tertiary/aromatic N) is 4. The Balaban J connectivity index is 1.58. The molecule has 10 heteroatoms. The van der Waals surface area contributed by atoms with Gasteiger partial charge in [-0.3, -0.25) is 4.79 Å². The van der Waals surface area contributed by atoms with Gasteiger partial charge in [0, 0.05) is 44.3 Å². The summed E-state index contributed by atoms with van der Waals surface area (Å²) in [6, 6.07) is 8.42. The number of carboxylic acid groups (broad SMARTS) is 1. The van der Waals surface area contributed by atoms with E-state index in [2.05, 4.69) is 11.6 Å². The summed E-state index contributed by atoms with van der Waals surface area (Å²) in [5.41, 5.74) is -0.891. The largest absolute Gasteiger partial charge is 0.477 e. The number of hydrogen-bond donors (Lipinski definition) is 1. The first kappa shape index (κ1) is 21.4. The van der Waals surface area contributed by atoms with Crippen molar-refractivity contribution in [2.75, 3.05) is 36.0 Å². The molecule has 0 bridgehead atoms. The van der Waals surface area contributed by atoms with Crippen LogP contribution in [0.2, 0.25) is 0 Å². The minimum atomic E-state index is -4.39. The lowest BCUT2D eigenvalue weighted by molar-refractivity contribution is -0.137. The Morgan fingerprint density at radius 3 is 2.41 bits per heavy atom. The summed E-state index contributed by atoms with van der Waals surface area (Å²) in [5, 5.41) is 9.40. The lowest BCUT2D eigenvalue weighted by Crippen LogP contribution is -2.47. The second kappa shape index (κ2) is 8.03. The van der Waals surface area contributed by atoms with Crippen molar-refractivity contribution in [3.63, 3.8) is 0 Å². The van der Waals surface area contributed by atoms with Gasteiger partial charge in [-0.1, -0.05) is 12.6 Å². The molecule has 4 rings (SSSR count). The number of aromatic carboxylic acids is 1. The lowest BCUT2D eigenvalue weighted by Gasteiger charge is -2.37. The monoisotopic (exact) mass is 444 g/mol. The van der Waals surface area contributed by atoms with Crippen LogP contribution in [0.4, 0.5) is 24.7 Å². The van der Waals surface area contributed by atoms with Crippen molar-refractivity contribution in [1.29, 1.82) is 0 Å². The van der Waals surface area contributed by atoms with Crippen LogP contribution < -0.4 is 15.2 Å². The fraction of sp³-hybridized carbons (Fsp3) is 0.227. The summed E-state index contributed by atoms with van der Waals surface area (Å²) in [6.45, 7) is 5.66. The van der Waals surface area contributed by atoms with Crippen molar-refractivity contribution in [2.45, 2.75) is 6.18 Å². The third kappa shape index (κ3) is 3.91. The Labute approximate surface area is 180 Å². The number of carbonyl (C=O) groups is 1. The van der Waals surface area contributed by atoms with E-state index in [1.807, 2.05) is 9.80 Å². The third-order valence-electron chi connectivity index (χ3n) is 5.43. The van der Waals surface area contributed by atoms with Gasteiger partial charge in [-0.15, -0.1) is 0 Å². The van der Waals surface area contributed by atoms with Crippen LogP contribution in [-0.4, -0.2) is 46.8 Å². The highest BCUT2D eigenvalue weighted by Crippen LogP contribution is 2.32. The van der Waals surface area contributed by atoms with E-state index in [1.165, 1.54) is 29.1 Å². The Hall–Kier alpha value is -3.82. The van der Waals surface area contributed by atoms with E-state index in [0.29, 0.717) is 37.7 Å². The van der Waals surface area contributed by atoms with Gasteiger partial charge in [0.2, 0.25) is 5.43 Å². The molecule has 3 aromatic rings. The first-order valence-corrected chi connectivity index (χ1v) is 9.78. The second-order valence-electron chi connectivity index (χ2n) is 7.33. The van der Waals surface area contributed by atoms with Crippen LogP contribution in [0, 0.1) is 0 Å². The number of fused-ring (bicyclic) bond motifs is 1. The van der Waals surface area contributed by atoms with Crippen LogP contribution in [0.5, 0.6) is 0 Å². The standard InChI is InChI=1S/C22H19F3N4O3/c1-2-27-13-17(21(31)32)19(30)16-6-7-18(26-20(16)27)29-10-8-28(9-11-29)15-5-3-4-14(12-15)22(23,24)25/h2-7,12-13H,1,8-11H2,(H,31,32). The van der Waals surface area contributed by atoms with Gasteiger partial charge < -0.3 is 19.5 Å². The molecule has 0 radical (unpaired) electrons. The number of pyridine rings is 2. The summed E-state index contributed by atoms with van der Waals surface area (Å²) in [7, 11) is 0. The van der Waals surface area contributed by atoms with Gasteiger partial charge in [0.25, 0.3) is 0 Å². The smallest absolute Gasteiger partial charge is 0.416 e.